The number of carbonyl (C=O) groups excluding carboxylic acids is 1. The zero-order valence-corrected chi connectivity index (χ0v) is 12.2. The normalized spacial score (nSPS) is 10.6. The van der Waals surface area contributed by atoms with E-state index in [2.05, 4.69) is 10.6 Å². The lowest BCUT2D eigenvalue weighted by Crippen LogP contribution is -2.33. The molecule has 0 aliphatic carbocycles. The molecule has 0 aromatic heterocycles. The highest BCUT2D eigenvalue weighted by Gasteiger charge is 2.07. The third-order valence-corrected chi connectivity index (χ3v) is 2.60. The molecule has 0 fully saturated rings. The maximum Gasteiger partial charge on any atom is 0.257 e. The Hall–Kier alpha value is -2.01. The van der Waals surface area contributed by atoms with Crippen molar-refractivity contribution in [3.05, 3.63) is 29.8 Å². The van der Waals surface area contributed by atoms with Crippen LogP contribution in [0.15, 0.2) is 24.3 Å². The summed E-state index contributed by atoms with van der Waals surface area (Å²) < 4.78 is 10.7. The minimum absolute atomic E-state index is 0.0248. The van der Waals surface area contributed by atoms with E-state index in [-0.39, 0.29) is 12.5 Å². The van der Waals surface area contributed by atoms with Crippen LogP contribution in [0.2, 0.25) is 0 Å². The third kappa shape index (κ3) is 5.32. The lowest BCUT2D eigenvalue weighted by Gasteiger charge is -2.11. The molecule has 0 bridgehead atoms. The van der Waals surface area contributed by atoms with Crippen molar-refractivity contribution in [3.8, 4) is 11.5 Å². The summed E-state index contributed by atoms with van der Waals surface area (Å²) >= 11 is 0. The molecule has 0 aliphatic heterocycles. The van der Waals surface area contributed by atoms with Crippen LogP contribution in [0.1, 0.15) is 12.5 Å². The number of rotatable bonds is 8. The molecule has 5 heteroatoms. The summed E-state index contributed by atoms with van der Waals surface area (Å²) in [5.41, 5.74) is 1.02. The van der Waals surface area contributed by atoms with E-state index >= 15 is 0 Å². The zero-order chi connectivity index (χ0) is 14.8. The number of likely N-dealkylation sites (N-methyl/N-ethyl adjacent to an activating group) is 1. The van der Waals surface area contributed by atoms with Gasteiger partial charge in [-0.2, -0.15) is 0 Å². The first kappa shape index (κ1) is 16.0. The Bertz CT molecular complexity index is 458. The van der Waals surface area contributed by atoms with E-state index in [1.807, 2.05) is 38.3 Å². The summed E-state index contributed by atoms with van der Waals surface area (Å²) in [5.74, 6) is 1.02. The fraction of sp³-hybridized carbons (Fsp3) is 0.400. The van der Waals surface area contributed by atoms with Crippen molar-refractivity contribution in [1.82, 2.24) is 10.6 Å². The molecular formula is C15H22N2O3. The molecular weight excluding hydrogens is 256 g/mol. The van der Waals surface area contributed by atoms with Crippen molar-refractivity contribution in [2.75, 3.05) is 33.9 Å². The van der Waals surface area contributed by atoms with Gasteiger partial charge in [0.15, 0.2) is 18.1 Å². The van der Waals surface area contributed by atoms with Crippen LogP contribution in [0.4, 0.5) is 0 Å². The minimum Gasteiger partial charge on any atom is -0.493 e. The van der Waals surface area contributed by atoms with Gasteiger partial charge in [0.25, 0.3) is 5.91 Å². The van der Waals surface area contributed by atoms with Crippen LogP contribution in [0, 0.1) is 0 Å². The van der Waals surface area contributed by atoms with Crippen LogP contribution in [-0.4, -0.2) is 39.8 Å². The molecule has 1 aromatic carbocycles. The fourth-order valence-electron chi connectivity index (χ4n) is 1.62. The van der Waals surface area contributed by atoms with Gasteiger partial charge in [-0.3, -0.25) is 4.79 Å². The van der Waals surface area contributed by atoms with Crippen LogP contribution in [0.25, 0.3) is 6.08 Å². The average molecular weight is 278 g/mol. The monoisotopic (exact) mass is 278 g/mol. The standard InChI is InChI=1S/C15H22N2O3/c1-4-5-12-6-7-13(14(10-12)19-3)20-11-15(18)17-9-8-16-2/h4-7,10,16H,8-9,11H2,1-3H3,(H,17,18)/b5-4+. The van der Waals surface area contributed by atoms with E-state index in [4.69, 9.17) is 9.47 Å². The molecule has 0 spiro atoms. The van der Waals surface area contributed by atoms with E-state index < -0.39 is 0 Å². The predicted octanol–water partition coefficient (Wildman–Crippen LogP) is 1.44. The van der Waals surface area contributed by atoms with Crippen LogP contribution in [-0.2, 0) is 4.79 Å². The Labute approximate surface area is 120 Å². The van der Waals surface area contributed by atoms with Crippen LogP contribution >= 0.6 is 0 Å². The molecule has 0 radical (unpaired) electrons. The van der Waals surface area contributed by atoms with Gasteiger partial charge in [0.2, 0.25) is 0 Å². The first-order valence-corrected chi connectivity index (χ1v) is 6.56. The number of hydrogen-bond acceptors (Lipinski definition) is 4. The first-order valence-electron chi connectivity index (χ1n) is 6.56. The maximum absolute atomic E-state index is 11.5. The second kappa shape index (κ2) is 8.98. The number of hydrogen-bond donors (Lipinski definition) is 2. The SMILES string of the molecule is C/C=C/c1ccc(OCC(=O)NCCNC)c(OC)c1. The highest BCUT2D eigenvalue weighted by atomic mass is 16.5. The zero-order valence-electron chi connectivity index (χ0n) is 12.2. The number of methoxy groups -OCH3 is 1. The van der Waals surface area contributed by atoms with Crippen LogP contribution in [0.5, 0.6) is 11.5 Å². The molecule has 2 N–H and O–H groups in total. The van der Waals surface area contributed by atoms with Gasteiger partial charge < -0.3 is 20.1 Å². The van der Waals surface area contributed by atoms with Gasteiger partial charge in [-0.1, -0.05) is 18.2 Å². The van der Waals surface area contributed by atoms with E-state index in [1.54, 1.807) is 13.2 Å². The summed E-state index contributed by atoms with van der Waals surface area (Å²) in [6.45, 7) is 3.23. The Morgan fingerprint density at radius 3 is 2.75 bits per heavy atom. The van der Waals surface area contributed by atoms with Crippen molar-refractivity contribution in [1.29, 1.82) is 0 Å². The summed E-state index contributed by atoms with van der Waals surface area (Å²) in [6.07, 6.45) is 3.92. The van der Waals surface area contributed by atoms with Crippen LogP contribution < -0.4 is 20.1 Å². The molecule has 5 nitrogen and oxygen atoms in total. The fourth-order valence-corrected chi connectivity index (χ4v) is 1.62. The highest BCUT2D eigenvalue weighted by molar-refractivity contribution is 5.77. The summed E-state index contributed by atoms with van der Waals surface area (Å²) in [7, 11) is 3.41. The van der Waals surface area contributed by atoms with Crippen molar-refractivity contribution in [2.45, 2.75) is 6.92 Å². The third-order valence-electron chi connectivity index (χ3n) is 2.60. The number of benzene rings is 1. The predicted molar refractivity (Wildman–Crippen MR) is 80.1 cm³/mol. The second-order valence-electron chi connectivity index (χ2n) is 4.15. The maximum atomic E-state index is 11.5. The Morgan fingerprint density at radius 1 is 1.30 bits per heavy atom. The number of carbonyl (C=O) groups is 1. The molecule has 0 saturated carbocycles. The highest BCUT2D eigenvalue weighted by Crippen LogP contribution is 2.28. The summed E-state index contributed by atoms with van der Waals surface area (Å²) in [5, 5.41) is 5.70. The molecule has 1 aromatic rings. The smallest absolute Gasteiger partial charge is 0.257 e. The molecule has 0 atom stereocenters. The minimum atomic E-state index is -0.153. The number of ether oxygens (including phenoxy) is 2. The molecule has 0 heterocycles. The van der Waals surface area contributed by atoms with Gasteiger partial charge in [0.05, 0.1) is 7.11 Å². The van der Waals surface area contributed by atoms with Gasteiger partial charge in [-0.05, 0) is 31.7 Å². The molecule has 0 unspecified atom stereocenters. The largest absolute Gasteiger partial charge is 0.493 e. The molecule has 0 aliphatic rings. The second-order valence-corrected chi connectivity index (χ2v) is 4.15. The van der Waals surface area contributed by atoms with Crippen molar-refractivity contribution >= 4 is 12.0 Å². The van der Waals surface area contributed by atoms with Crippen molar-refractivity contribution < 1.29 is 14.3 Å². The van der Waals surface area contributed by atoms with Gasteiger partial charge in [0, 0.05) is 13.1 Å². The lowest BCUT2D eigenvalue weighted by atomic mass is 10.2. The Morgan fingerprint density at radius 2 is 2.10 bits per heavy atom. The number of amides is 1. The van der Waals surface area contributed by atoms with Gasteiger partial charge >= 0.3 is 0 Å². The quantitative estimate of drug-likeness (QED) is 0.707. The van der Waals surface area contributed by atoms with E-state index in [0.29, 0.717) is 18.0 Å². The van der Waals surface area contributed by atoms with E-state index in [1.165, 1.54) is 0 Å². The number of nitrogens with one attached hydrogen (secondary N) is 2. The summed E-state index contributed by atoms with van der Waals surface area (Å²) in [4.78, 5) is 11.5. The van der Waals surface area contributed by atoms with Crippen molar-refractivity contribution in [2.24, 2.45) is 0 Å². The molecule has 20 heavy (non-hydrogen) atoms. The van der Waals surface area contributed by atoms with Gasteiger partial charge in [-0.25, -0.2) is 0 Å². The topological polar surface area (TPSA) is 59.6 Å². The molecule has 0 saturated heterocycles. The Kier molecular flexibility index (Phi) is 7.21. The van der Waals surface area contributed by atoms with Gasteiger partial charge in [-0.15, -0.1) is 0 Å². The van der Waals surface area contributed by atoms with Crippen molar-refractivity contribution in [3.63, 3.8) is 0 Å². The molecule has 1 rings (SSSR count). The van der Waals surface area contributed by atoms with Crippen LogP contribution in [0.3, 0.4) is 0 Å². The lowest BCUT2D eigenvalue weighted by molar-refractivity contribution is -0.123. The number of allylic oxidation sites excluding steroid dienone is 1. The molecule has 1 amide bonds. The molecule has 110 valence electrons. The van der Waals surface area contributed by atoms with E-state index in [9.17, 15) is 4.79 Å². The van der Waals surface area contributed by atoms with E-state index in [0.717, 1.165) is 12.1 Å². The summed E-state index contributed by atoms with van der Waals surface area (Å²) in [6, 6.07) is 5.58. The average Bonchev–Trinajstić information content (AvgIpc) is 2.46. The first-order chi connectivity index (χ1) is 9.71. The van der Waals surface area contributed by atoms with Gasteiger partial charge in [0.1, 0.15) is 0 Å². The Balaban J connectivity index is 2.56.